The maximum atomic E-state index is 11.7. The Morgan fingerprint density at radius 1 is 1.35 bits per heavy atom. The second kappa shape index (κ2) is 5.11. The first-order chi connectivity index (χ1) is 8.29. The molecule has 0 aliphatic carbocycles. The van der Waals surface area contributed by atoms with Crippen molar-refractivity contribution < 1.29 is 9.21 Å². The molecular formula is C11H12N4O2. The average Bonchev–Trinajstić information content (AvgIpc) is 2.89. The van der Waals surface area contributed by atoms with Crippen molar-refractivity contribution in [2.45, 2.75) is 6.54 Å². The SMILES string of the molecule is CNc1ccc(C(=O)NCc2ccco2)nn1. The molecule has 17 heavy (non-hydrogen) atoms. The third-order valence-electron chi connectivity index (χ3n) is 2.16. The van der Waals surface area contributed by atoms with Crippen LogP contribution >= 0.6 is 0 Å². The van der Waals surface area contributed by atoms with Crippen molar-refractivity contribution in [2.24, 2.45) is 0 Å². The van der Waals surface area contributed by atoms with Crippen LogP contribution < -0.4 is 10.6 Å². The van der Waals surface area contributed by atoms with E-state index in [-0.39, 0.29) is 11.6 Å². The normalized spacial score (nSPS) is 9.94. The molecule has 0 atom stereocenters. The van der Waals surface area contributed by atoms with Gasteiger partial charge in [0.2, 0.25) is 0 Å². The van der Waals surface area contributed by atoms with Gasteiger partial charge in [0.1, 0.15) is 11.6 Å². The zero-order valence-corrected chi connectivity index (χ0v) is 9.30. The summed E-state index contributed by atoms with van der Waals surface area (Å²) in [6, 6.07) is 6.85. The Morgan fingerprint density at radius 3 is 2.82 bits per heavy atom. The summed E-state index contributed by atoms with van der Waals surface area (Å²) in [6.07, 6.45) is 1.56. The van der Waals surface area contributed by atoms with Gasteiger partial charge in [-0.25, -0.2) is 0 Å². The van der Waals surface area contributed by atoms with Crippen LogP contribution in [-0.4, -0.2) is 23.2 Å². The summed E-state index contributed by atoms with van der Waals surface area (Å²) in [5, 5.41) is 13.1. The van der Waals surface area contributed by atoms with E-state index in [1.54, 1.807) is 37.6 Å². The molecule has 6 nitrogen and oxygen atoms in total. The molecule has 0 fully saturated rings. The van der Waals surface area contributed by atoms with E-state index < -0.39 is 0 Å². The van der Waals surface area contributed by atoms with Gasteiger partial charge in [0.05, 0.1) is 12.8 Å². The van der Waals surface area contributed by atoms with E-state index in [1.165, 1.54) is 0 Å². The molecule has 2 rings (SSSR count). The van der Waals surface area contributed by atoms with Crippen molar-refractivity contribution in [1.29, 1.82) is 0 Å². The first-order valence-corrected chi connectivity index (χ1v) is 5.11. The number of nitrogens with one attached hydrogen (secondary N) is 2. The van der Waals surface area contributed by atoms with Crippen LogP contribution in [0.1, 0.15) is 16.2 Å². The second-order valence-electron chi connectivity index (χ2n) is 3.32. The molecule has 2 heterocycles. The first-order valence-electron chi connectivity index (χ1n) is 5.11. The number of hydrogen-bond donors (Lipinski definition) is 2. The highest BCUT2D eigenvalue weighted by molar-refractivity contribution is 5.92. The van der Waals surface area contributed by atoms with Crippen LogP contribution in [0.5, 0.6) is 0 Å². The number of amides is 1. The maximum Gasteiger partial charge on any atom is 0.272 e. The molecule has 0 saturated carbocycles. The number of carbonyl (C=O) groups is 1. The first kappa shape index (κ1) is 11.1. The van der Waals surface area contributed by atoms with Crippen molar-refractivity contribution in [3.05, 3.63) is 42.0 Å². The van der Waals surface area contributed by atoms with Crippen LogP contribution in [0.3, 0.4) is 0 Å². The number of nitrogens with zero attached hydrogens (tertiary/aromatic N) is 2. The van der Waals surface area contributed by atoms with Crippen LogP contribution in [0.25, 0.3) is 0 Å². The van der Waals surface area contributed by atoms with Crippen molar-refractivity contribution in [1.82, 2.24) is 15.5 Å². The number of carbonyl (C=O) groups excluding carboxylic acids is 1. The fourth-order valence-electron chi connectivity index (χ4n) is 1.26. The van der Waals surface area contributed by atoms with Crippen LogP contribution in [0.15, 0.2) is 34.9 Å². The molecule has 0 bridgehead atoms. The summed E-state index contributed by atoms with van der Waals surface area (Å²) in [4.78, 5) is 11.7. The van der Waals surface area contributed by atoms with Crippen LogP contribution in [0.2, 0.25) is 0 Å². The van der Waals surface area contributed by atoms with E-state index in [2.05, 4.69) is 20.8 Å². The quantitative estimate of drug-likeness (QED) is 0.823. The molecular weight excluding hydrogens is 220 g/mol. The second-order valence-corrected chi connectivity index (χ2v) is 3.32. The zero-order valence-electron chi connectivity index (χ0n) is 9.30. The number of aromatic nitrogens is 2. The molecule has 0 aromatic carbocycles. The molecule has 1 amide bonds. The topological polar surface area (TPSA) is 80.0 Å². The van der Waals surface area contributed by atoms with E-state index in [0.29, 0.717) is 18.1 Å². The lowest BCUT2D eigenvalue weighted by Gasteiger charge is -2.02. The lowest BCUT2D eigenvalue weighted by Crippen LogP contribution is -2.23. The lowest BCUT2D eigenvalue weighted by molar-refractivity contribution is 0.0942. The van der Waals surface area contributed by atoms with Gasteiger partial charge in [0, 0.05) is 7.05 Å². The van der Waals surface area contributed by atoms with Gasteiger partial charge < -0.3 is 15.1 Å². The Bertz CT molecular complexity index is 479. The molecule has 0 aliphatic heterocycles. The van der Waals surface area contributed by atoms with E-state index in [1.807, 2.05) is 0 Å². The minimum absolute atomic E-state index is 0.274. The van der Waals surface area contributed by atoms with Gasteiger partial charge in [-0.1, -0.05) is 0 Å². The molecule has 0 unspecified atom stereocenters. The molecule has 2 N–H and O–H groups in total. The summed E-state index contributed by atoms with van der Waals surface area (Å²) in [5.74, 6) is 1.03. The highest BCUT2D eigenvalue weighted by Crippen LogP contribution is 2.02. The predicted octanol–water partition coefficient (Wildman–Crippen LogP) is 1.04. The van der Waals surface area contributed by atoms with E-state index >= 15 is 0 Å². The number of furan rings is 1. The van der Waals surface area contributed by atoms with Gasteiger partial charge >= 0.3 is 0 Å². The van der Waals surface area contributed by atoms with Crippen molar-refractivity contribution in [3.63, 3.8) is 0 Å². The molecule has 0 radical (unpaired) electrons. The van der Waals surface area contributed by atoms with Gasteiger partial charge in [0.25, 0.3) is 5.91 Å². The van der Waals surface area contributed by atoms with Gasteiger partial charge in [-0.2, -0.15) is 0 Å². The van der Waals surface area contributed by atoms with E-state index in [9.17, 15) is 4.79 Å². The molecule has 0 aliphatic rings. The zero-order chi connectivity index (χ0) is 12.1. The molecule has 2 aromatic rings. The molecule has 2 aromatic heterocycles. The fraction of sp³-hybridized carbons (Fsp3) is 0.182. The van der Waals surface area contributed by atoms with Gasteiger partial charge in [-0.15, -0.1) is 10.2 Å². The smallest absolute Gasteiger partial charge is 0.272 e. The summed E-state index contributed by atoms with van der Waals surface area (Å²) in [6.45, 7) is 0.335. The van der Waals surface area contributed by atoms with Crippen LogP contribution in [0.4, 0.5) is 5.82 Å². The third kappa shape index (κ3) is 2.81. The molecule has 0 spiro atoms. The van der Waals surface area contributed by atoms with Crippen LogP contribution in [0, 0.1) is 0 Å². The third-order valence-corrected chi connectivity index (χ3v) is 2.16. The molecule has 88 valence electrons. The standard InChI is InChI=1S/C11H12N4O2/c1-12-10-5-4-9(14-15-10)11(16)13-7-8-3-2-6-17-8/h2-6H,7H2,1H3,(H,12,15)(H,13,16). The van der Waals surface area contributed by atoms with Gasteiger partial charge in [0.15, 0.2) is 5.69 Å². The number of rotatable bonds is 4. The summed E-state index contributed by atoms with van der Waals surface area (Å²) >= 11 is 0. The Labute approximate surface area is 98.0 Å². The maximum absolute atomic E-state index is 11.7. The highest BCUT2D eigenvalue weighted by atomic mass is 16.3. The predicted molar refractivity (Wildman–Crippen MR) is 61.5 cm³/mol. The average molecular weight is 232 g/mol. The Hall–Kier alpha value is -2.37. The summed E-state index contributed by atoms with van der Waals surface area (Å²) in [7, 11) is 1.74. The van der Waals surface area contributed by atoms with Crippen LogP contribution in [-0.2, 0) is 6.54 Å². The van der Waals surface area contributed by atoms with E-state index in [4.69, 9.17) is 4.42 Å². The van der Waals surface area contributed by atoms with Gasteiger partial charge in [-0.3, -0.25) is 4.79 Å². The van der Waals surface area contributed by atoms with E-state index in [0.717, 1.165) is 0 Å². The summed E-state index contributed by atoms with van der Waals surface area (Å²) in [5.41, 5.74) is 0.274. The van der Waals surface area contributed by atoms with Crippen molar-refractivity contribution in [3.8, 4) is 0 Å². The van der Waals surface area contributed by atoms with Gasteiger partial charge in [-0.05, 0) is 24.3 Å². The largest absolute Gasteiger partial charge is 0.467 e. The highest BCUT2D eigenvalue weighted by Gasteiger charge is 2.08. The molecule has 6 heteroatoms. The Morgan fingerprint density at radius 2 is 2.24 bits per heavy atom. The lowest BCUT2D eigenvalue weighted by atomic mass is 10.3. The number of hydrogen-bond acceptors (Lipinski definition) is 5. The Balaban J connectivity index is 1.95. The Kier molecular flexibility index (Phi) is 3.34. The van der Waals surface area contributed by atoms with Crippen molar-refractivity contribution >= 4 is 11.7 Å². The monoisotopic (exact) mass is 232 g/mol. The minimum atomic E-state index is -0.281. The fourth-order valence-corrected chi connectivity index (χ4v) is 1.26. The number of anilines is 1. The minimum Gasteiger partial charge on any atom is -0.467 e. The van der Waals surface area contributed by atoms with Crippen molar-refractivity contribution in [2.75, 3.05) is 12.4 Å². The summed E-state index contributed by atoms with van der Waals surface area (Å²) < 4.78 is 5.10. The molecule has 0 saturated heterocycles.